The molecule has 0 radical (unpaired) electrons. The fraction of sp³-hybridized carbons (Fsp3) is 0.474. The minimum Gasteiger partial charge on any atom is -0.493 e. The summed E-state index contributed by atoms with van der Waals surface area (Å²) in [4.78, 5) is 0. The average molecular weight is 300 g/mol. The Bertz CT molecular complexity index is 510. The average Bonchev–Trinajstić information content (AvgIpc) is 2.56. The van der Waals surface area contributed by atoms with Gasteiger partial charge in [0.1, 0.15) is 5.75 Å². The summed E-state index contributed by atoms with van der Waals surface area (Å²) in [5, 5.41) is 18.9. The van der Waals surface area contributed by atoms with Crippen LogP contribution in [0.25, 0.3) is 0 Å². The van der Waals surface area contributed by atoms with E-state index >= 15 is 0 Å². The van der Waals surface area contributed by atoms with Gasteiger partial charge in [-0.05, 0) is 25.0 Å². The quantitative estimate of drug-likeness (QED) is 0.516. The van der Waals surface area contributed by atoms with Crippen LogP contribution in [0.1, 0.15) is 55.2 Å². The molecular weight excluding hydrogens is 276 g/mol. The molecule has 0 atom stereocenters. The molecule has 0 saturated heterocycles. The predicted octanol–water partition coefficient (Wildman–Crippen LogP) is 3.01. The number of hydrogen-bond donors (Lipinski definition) is 2. The normalized spacial score (nSPS) is 10.0. The van der Waals surface area contributed by atoms with Crippen molar-refractivity contribution in [3.05, 3.63) is 28.8 Å². The van der Waals surface area contributed by atoms with Gasteiger partial charge in [0.2, 0.25) is 0 Å². The van der Waals surface area contributed by atoms with Crippen molar-refractivity contribution in [2.75, 3.05) is 6.61 Å². The smallest absolute Gasteiger partial charge is 0.130 e. The number of rotatable bonds is 10. The minimum atomic E-state index is -0.163. The summed E-state index contributed by atoms with van der Waals surface area (Å²) in [6, 6.07) is 3.43. The maximum Gasteiger partial charge on any atom is 0.130 e. The molecule has 3 nitrogen and oxygen atoms in total. The Morgan fingerprint density at radius 1 is 0.909 bits per heavy atom. The van der Waals surface area contributed by atoms with Crippen LogP contribution in [0.4, 0.5) is 0 Å². The Kier molecular flexibility index (Phi) is 8.84. The van der Waals surface area contributed by atoms with Gasteiger partial charge in [-0.25, -0.2) is 0 Å². The second-order valence-electron chi connectivity index (χ2n) is 5.15. The van der Waals surface area contributed by atoms with Gasteiger partial charge in [0, 0.05) is 23.1 Å². The lowest BCUT2D eigenvalue weighted by Crippen LogP contribution is -2.05. The second kappa shape index (κ2) is 10.7. The van der Waals surface area contributed by atoms with Gasteiger partial charge in [0.25, 0.3) is 0 Å². The van der Waals surface area contributed by atoms with Crippen LogP contribution in [0.15, 0.2) is 12.1 Å². The van der Waals surface area contributed by atoms with E-state index in [9.17, 15) is 10.2 Å². The Balaban J connectivity index is 2.48. The summed E-state index contributed by atoms with van der Waals surface area (Å²) >= 11 is 0. The van der Waals surface area contributed by atoms with Gasteiger partial charge in [0.15, 0.2) is 0 Å². The highest BCUT2D eigenvalue weighted by Crippen LogP contribution is 2.26. The first-order valence-electron chi connectivity index (χ1n) is 7.67. The van der Waals surface area contributed by atoms with Crippen LogP contribution in [0.3, 0.4) is 0 Å². The summed E-state index contributed by atoms with van der Waals surface area (Å²) in [5.74, 6) is 5.70. The molecule has 118 valence electrons. The topological polar surface area (TPSA) is 49.7 Å². The van der Waals surface area contributed by atoms with E-state index in [0.717, 1.165) is 38.5 Å². The summed E-state index contributed by atoms with van der Waals surface area (Å²) in [6.07, 6.45) is 16.8. The minimum absolute atomic E-state index is 0.163. The fourth-order valence-electron chi connectivity index (χ4n) is 2.29. The Labute approximate surface area is 133 Å². The van der Waals surface area contributed by atoms with Crippen LogP contribution in [0, 0.1) is 24.7 Å². The van der Waals surface area contributed by atoms with E-state index < -0.39 is 0 Å². The van der Waals surface area contributed by atoms with Gasteiger partial charge in [-0.15, -0.1) is 18.8 Å². The Morgan fingerprint density at radius 3 is 2.05 bits per heavy atom. The van der Waals surface area contributed by atoms with Crippen molar-refractivity contribution in [1.82, 2.24) is 0 Å². The Hall–Kier alpha value is -1.94. The second-order valence-corrected chi connectivity index (χ2v) is 5.15. The first-order chi connectivity index (χ1) is 10.8. The van der Waals surface area contributed by atoms with E-state index in [0.29, 0.717) is 29.0 Å². The van der Waals surface area contributed by atoms with Crippen LogP contribution in [0.5, 0.6) is 5.75 Å². The molecule has 1 aromatic rings. The monoisotopic (exact) mass is 300 g/mol. The number of ether oxygens (including phenoxy) is 1. The zero-order chi connectivity index (χ0) is 16.2. The largest absolute Gasteiger partial charge is 0.493 e. The molecular formula is C19H24O3. The number of aliphatic hydroxyl groups excluding tert-OH is 2. The maximum atomic E-state index is 9.44. The zero-order valence-electron chi connectivity index (χ0n) is 13.0. The van der Waals surface area contributed by atoms with E-state index in [1.54, 1.807) is 12.1 Å². The van der Waals surface area contributed by atoms with Crippen molar-refractivity contribution in [1.29, 1.82) is 0 Å². The van der Waals surface area contributed by atoms with E-state index in [1.165, 1.54) is 0 Å². The lowest BCUT2D eigenvalue weighted by atomic mass is 10.0. The van der Waals surface area contributed by atoms with E-state index in [4.69, 9.17) is 17.6 Å². The molecule has 0 fully saturated rings. The van der Waals surface area contributed by atoms with Gasteiger partial charge in [-0.1, -0.05) is 25.2 Å². The lowest BCUT2D eigenvalue weighted by Gasteiger charge is -2.15. The van der Waals surface area contributed by atoms with Crippen LogP contribution in [-0.2, 0) is 13.2 Å². The standard InChI is InChI=1S/C19H24O3/c1-3-5-6-7-8-9-10-11-22-19-17(14-20)12-16(4-2)13-18(19)15-21/h1-2,12-13,20-21H,5-11,14-15H2. The molecule has 0 unspecified atom stereocenters. The molecule has 0 amide bonds. The molecule has 22 heavy (non-hydrogen) atoms. The number of benzene rings is 1. The summed E-state index contributed by atoms with van der Waals surface area (Å²) < 4.78 is 5.76. The molecule has 3 heteroatoms. The van der Waals surface area contributed by atoms with Crippen molar-refractivity contribution < 1.29 is 14.9 Å². The molecule has 0 saturated carbocycles. The van der Waals surface area contributed by atoms with E-state index in [-0.39, 0.29) is 13.2 Å². The van der Waals surface area contributed by atoms with Crippen molar-refractivity contribution >= 4 is 0 Å². The SMILES string of the molecule is C#CCCCCCCCOc1c(CO)cc(C#C)cc1CO. The van der Waals surface area contributed by atoms with E-state index in [2.05, 4.69) is 11.8 Å². The molecule has 0 aliphatic carbocycles. The third-order valence-corrected chi connectivity index (χ3v) is 3.46. The summed E-state index contributed by atoms with van der Waals surface area (Å²) in [5.41, 5.74) is 1.87. The predicted molar refractivity (Wildman–Crippen MR) is 88.3 cm³/mol. The Morgan fingerprint density at radius 2 is 1.50 bits per heavy atom. The summed E-state index contributed by atoms with van der Waals surface area (Å²) in [7, 11) is 0. The van der Waals surface area contributed by atoms with Crippen molar-refractivity contribution in [2.24, 2.45) is 0 Å². The number of terminal acetylenes is 2. The van der Waals surface area contributed by atoms with Crippen LogP contribution in [-0.4, -0.2) is 16.8 Å². The summed E-state index contributed by atoms with van der Waals surface area (Å²) in [6.45, 7) is 0.235. The number of hydrogen-bond acceptors (Lipinski definition) is 3. The van der Waals surface area contributed by atoms with Gasteiger partial charge in [-0.2, -0.15) is 0 Å². The number of aliphatic hydroxyl groups is 2. The molecule has 0 spiro atoms. The molecule has 0 aromatic heterocycles. The molecule has 2 N–H and O–H groups in total. The van der Waals surface area contributed by atoms with E-state index in [1.807, 2.05) is 0 Å². The molecule has 1 aromatic carbocycles. The van der Waals surface area contributed by atoms with Crippen molar-refractivity contribution in [3.63, 3.8) is 0 Å². The highest BCUT2D eigenvalue weighted by molar-refractivity contribution is 5.48. The first kappa shape index (κ1) is 18.1. The van der Waals surface area contributed by atoms with Gasteiger partial charge >= 0.3 is 0 Å². The van der Waals surface area contributed by atoms with Crippen LogP contribution in [0.2, 0.25) is 0 Å². The third-order valence-electron chi connectivity index (χ3n) is 3.46. The van der Waals surface area contributed by atoms with Gasteiger partial charge in [0.05, 0.1) is 19.8 Å². The highest BCUT2D eigenvalue weighted by Gasteiger charge is 2.11. The number of unbranched alkanes of at least 4 members (excludes halogenated alkanes) is 5. The maximum absolute atomic E-state index is 9.44. The third kappa shape index (κ3) is 5.82. The highest BCUT2D eigenvalue weighted by atomic mass is 16.5. The zero-order valence-corrected chi connectivity index (χ0v) is 13.0. The molecule has 1 rings (SSSR count). The van der Waals surface area contributed by atoms with Crippen molar-refractivity contribution in [2.45, 2.75) is 51.7 Å². The van der Waals surface area contributed by atoms with Crippen LogP contribution < -0.4 is 4.74 Å². The lowest BCUT2D eigenvalue weighted by molar-refractivity contribution is 0.244. The van der Waals surface area contributed by atoms with Gasteiger partial charge < -0.3 is 14.9 Å². The molecule has 0 aliphatic rings. The molecule has 0 heterocycles. The fourth-order valence-corrected chi connectivity index (χ4v) is 2.29. The van der Waals surface area contributed by atoms with Crippen LogP contribution >= 0.6 is 0 Å². The van der Waals surface area contributed by atoms with Crippen molar-refractivity contribution in [3.8, 4) is 30.4 Å². The van der Waals surface area contributed by atoms with Gasteiger partial charge in [-0.3, -0.25) is 0 Å². The molecule has 0 aliphatic heterocycles. The molecule has 0 bridgehead atoms. The first-order valence-corrected chi connectivity index (χ1v) is 7.67.